The van der Waals surface area contributed by atoms with E-state index in [9.17, 15) is 14.9 Å². The second kappa shape index (κ2) is 7.93. The topological polar surface area (TPSA) is 91.5 Å². The van der Waals surface area contributed by atoms with E-state index in [2.05, 4.69) is 11.1 Å². The molecule has 2 saturated heterocycles. The second-order valence-electron chi connectivity index (χ2n) is 9.97. The van der Waals surface area contributed by atoms with Crippen molar-refractivity contribution in [2.24, 2.45) is 0 Å². The number of carbonyl (C=O) groups excluding carboxylic acids is 2. The Morgan fingerprint density at radius 1 is 1.08 bits per heavy atom. The van der Waals surface area contributed by atoms with Crippen LogP contribution >= 0.6 is 0 Å². The minimum atomic E-state index is -0.777. The highest BCUT2D eigenvalue weighted by Crippen LogP contribution is 2.44. The highest BCUT2D eigenvalue weighted by molar-refractivity contribution is 6.14. The third-order valence-corrected chi connectivity index (χ3v) is 7.85. The van der Waals surface area contributed by atoms with Crippen LogP contribution in [0.2, 0.25) is 0 Å². The van der Waals surface area contributed by atoms with Gasteiger partial charge >= 0.3 is 0 Å². The number of fused-ring (bicyclic) bond motifs is 1. The van der Waals surface area contributed by atoms with E-state index >= 15 is 0 Å². The number of imidazole rings is 1. The van der Waals surface area contributed by atoms with Gasteiger partial charge in [0.05, 0.1) is 30.5 Å². The third-order valence-electron chi connectivity index (χ3n) is 7.85. The number of hydrogen-bond donors (Lipinski definition) is 0. The van der Waals surface area contributed by atoms with Gasteiger partial charge in [-0.15, -0.1) is 0 Å². The van der Waals surface area contributed by atoms with Crippen molar-refractivity contribution in [3.63, 3.8) is 0 Å². The first-order chi connectivity index (χ1) is 18.1. The summed E-state index contributed by atoms with van der Waals surface area (Å²) in [5.74, 6) is 0.953. The number of ether oxygens (including phenoxy) is 1. The Bertz CT molecular complexity index is 1650. The van der Waals surface area contributed by atoms with E-state index in [1.54, 1.807) is 28.4 Å². The van der Waals surface area contributed by atoms with E-state index in [0.717, 1.165) is 34.1 Å². The summed E-state index contributed by atoms with van der Waals surface area (Å²) in [5.41, 5.74) is 2.16. The summed E-state index contributed by atoms with van der Waals surface area (Å²) in [4.78, 5) is 35.1. The zero-order valence-corrected chi connectivity index (χ0v) is 20.1. The average Bonchev–Trinajstić information content (AvgIpc) is 3.55. The zero-order valence-electron chi connectivity index (χ0n) is 20.1. The summed E-state index contributed by atoms with van der Waals surface area (Å²) in [5, 5.41) is 11.6. The molecule has 1 atom stereocenters. The van der Waals surface area contributed by atoms with E-state index < -0.39 is 5.54 Å². The van der Waals surface area contributed by atoms with Crippen LogP contribution in [0, 0.1) is 11.3 Å². The number of anilines is 1. The third kappa shape index (κ3) is 3.24. The van der Waals surface area contributed by atoms with Crippen LogP contribution in [0.25, 0.3) is 10.8 Å². The fraction of sp³-hybridized carbons (Fsp3) is 0.241. The number of carbonyl (C=O) groups is 2. The molecule has 0 radical (unpaired) electrons. The molecule has 4 aliphatic rings. The first kappa shape index (κ1) is 21.6. The molecule has 8 nitrogen and oxygen atoms in total. The van der Waals surface area contributed by atoms with Gasteiger partial charge in [0, 0.05) is 30.4 Å². The summed E-state index contributed by atoms with van der Waals surface area (Å²) in [7, 11) is 0. The predicted octanol–water partition coefficient (Wildman–Crippen LogP) is 4.01. The molecule has 0 saturated carbocycles. The molecule has 4 aliphatic heterocycles. The van der Waals surface area contributed by atoms with Gasteiger partial charge < -0.3 is 19.1 Å². The van der Waals surface area contributed by atoms with Gasteiger partial charge in [0.15, 0.2) is 0 Å². The Morgan fingerprint density at radius 3 is 2.86 bits per heavy atom. The molecule has 8 rings (SSSR count). The quantitative estimate of drug-likeness (QED) is 0.348. The van der Waals surface area contributed by atoms with E-state index in [0.29, 0.717) is 43.1 Å². The van der Waals surface area contributed by atoms with Gasteiger partial charge in [0.2, 0.25) is 5.91 Å². The molecule has 6 bridgehead atoms. The van der Waals surface area contributed by atoms with Crippen LogP contribution in [0.4, 0.5) is 5.69 Å². The number of nitriles is 1. The van der Waals surface area contributed by atoms with Gasteiger partial charge in [-0.1, -0.05) is 24.3 Å². The van der Waals surface area contributed by atoms with Gasteiger partial charge in [-0.05, 0) is 54.1 Å². The first-order valence-electron chi connectivity index (χ1n) is 12.4. The maximum atomic E-state index is 13.7. The van der Waals surface area contributed by atoms with Crippen molar-refractivity contribution in [1.29, 1.82) is 5.26 Å². The van der Waals surface area contributed by atoms with Crippen molar-refractivity contribution in [1.82, 2.24) is 14.5 Å². The number of amides is 2. The fourth-order valence-corrected chi connectivity index (χ4v) is 5.97. The van der Waals surface area contributed by atoms with Gasteiger partial charge in [-0.25, -0.2) is 4.98 Å². The number of nitrogens with zero attached hydrogens (tertiary/aromatic N) is 5. The van der Waals surface area contributed by atoms with Gasteiger partial charge in [0.1, 0.15) is 23.1 Å². The molecule has 37 heavy (non-hydrogen) atoms. The number of benzene rings is 3. The molecular formula is C29H23N5O3. The Morgan fingerprint density at radius 2 is 2.00 bits per heavy atom. The molecule has 2 fully saturated rings. The standard InChI is InChI=1S/C29H23N5O3/c30-14-21-6-5-19-11-26(21)37-23-8-7-20-3-1-4-25(24(20)13-23)33-17-29(28(33)36)9-2-10-34(29)27(35)12-22-15-31-18-32(22)16-19/h1,3-8,11,13,15,18H,2,9-10,12,16-17H2/t29-/m1/s1. The second-order valence-corrected chi connectivity index (χ2v) is 9.97. The normalized spacial score (nSPS) is 20.6. The average molecular weight is 490 g/mol. The van der Waals surface area contributed by atoms with Crippen LogP contribution in [0.5, 0.6) is 11.5 Å². The van der Waals surface area contributed by atoms with Crippen LogP contribution in [0.15, 0.2) is 67.1 Å². The molecule has 182 valence electrons. The van der Waals surface area contributed by atoms with Crippen LogP contribution in [-0.2, 0) is 22.6 Å². The van der Waals surface area contributed by atoms with E-state index in [4.69, 9.17) is 4.74 Å². The molecule has 0 aliphatic carbocycles. The minimum absolute atomic E-state index is 0.0339. The van der Waals surface area contributed by atoms with Crippen LogP contribution in [-0.4, -0.2) is 44.9 Å². The van der Waals surface area contributed by atoms with Crippen molar-refractivity contribution < 1.29 is 14.3 Å². The summed E-state index contributed by atoms with van der Waals surface area (Å²) < 4.78 is 8.17. The predicted molar refractivity (Wildman–Crippen MR) is 136 cm³/mol. The summed E-state index contributed by atoms with van der Waals surface area (Å²) in [6.07, 6.45) is 5.07. The van der Waals surface area contributed by atoms with Gasteiger partial charge in [-0.3, -0.25) is 9.59 Å². The molecule has 0 unspecified atom stereocenters. The number of β-lactam (4-membered cyclic amide) rings is 1. The van der Waals surface area contributed by atoms with E-state index in [-0.39, 0.29) is 18.2 Å². The summed E-state index contributed by atoms with van der Waals surface area (Å²) in [6.45, 7) is 1.53. The van der Waals surface area contributed by atoms with E-state index in [1.807, 2.05) is 53.1 Å². The van der Waals surface area contributed by atoms with Crippen molar-refractivity contribution in [2.45, 2.75) is 31.3 Å². The maximum absolute atomic E-state index is 13.7. The summed E-state index contributed by atoms with van der Waals surface area (Å²) in [6, 6.07) is 19.3. The van der Waals surface area contributed by atoms with Crippen LogP contribution in [0.1, 0.15) is 29.7 Å². The van der Waals surface area contributed by atoms with Crippen molar-refractivity contribution in [2.75, 3.05) is 18.0 Å². The number of aromatic nitrogens is 2. The monoisotopic (exact) mass is 489 g/mol. The zero-order chi connectivity index (χ0) is 25.1. The minimum Gasteiger partial charge on any atom is -0.456 e. The lowest BCUT2D eigenvalue weighted by molar-refractivity contribution is -0.148. The lowest BCUT2D eigenvalue weighted by Gasteiger charge is -2.51. The molecule has 0 N–H and O–H groups in total. The van der Waals surface area contributed by atoms with Crippen molar-refractivity contribution >= 4 is 28.3 Å². The Labute approximate surface area is 213 Å². The Kier molecular flexibility index (Phi) is 4.64. The van der Waals surface area contributed by atoms with Crippen molar-refractivity contribution in [3.8, 4) is 17.6 Å². The molecule has 1 spiro atoms. The molecule has 2 amide bonds. The highest BCUT2D eigenvalue weighted by Gasteiger charge is 2.60. The molecular weight excluding hydrogens is 466 g/mol. The molecule has 1 aromatic heterocycles. The number of rotatable bonds is 0. The van der Waals surface area contributed by atoms with Gasteiger partial charge in [0.25, 0.3) is 5.91 Å². The Hall–Kier alpha value is -4.64. The van der Waals surface area contributed by atoms with Crippen LogP contribution in [0.3, 0.4) is 0 Å². The van der Waals surface area contributed by atoms with E-state index in [1.165, 1.54) is 0 Å². The Balaban J connectivity index is 1.39. The highest BCUT2D eigenvalue weighted by atomic mass is 16.5. The van der Waals surface area contributed by atoms with Gasteiger partial charge in [-0.2, -0.15) is 5.26 Å². The van der Waals surface area contributed by atoms with Crippen molar-refractivity contribution in [3.05, 3.63) is 83.9 Å². The lowest BCUT2D eigenvalue weighted by Crippen LogP contribution is -2.73. The molecule has 8 heteroatoms. The SMILES string of the molecule is N#Cc1ccc2cc1Oc1ccc3cccc(c3c1)N1C[C@]3(CCCN3C(=O)Cc3cncn3C2)C1=O. The maximum Gasteiger partial charge on any atom is 0.254 e. The largest absolute Gasteiger partial charge is 0.456 e. The lowest BCUT2D eigenvalue weighted by atomic mass is 9.84. The smallest absolute Gasteiger partial charge is 0.254 e. The molecule has 4 aromatic rings. The number of hydrogen-bond acceptors (Lipinski definition) is 5. The molecule has 5 heterocycles. The summed E-state index contributed by atoms with van der Waals surface area (Å²) >= 11 is 0. The fourth-order valence-electron chi connectivity index (χ4n) is 5.97. The van der Waals surface area contributed by atoms with Crippen LogP contribution < -0.4 is 9.64 Å². The first-order valence-corrected chi connectivity index (χ1v) is 12.4. The molecule has 3 aromatic carbocycles.